The largest absolute Gasteiger partial charge is 0.397 e. The normalized spacial score (nSPS) is 10.1. The number of nitrogen functional groups attached to an aromatic ring is 1. The molecule has 0 fully saturated rings. The molecule has 1 heterocycles. The predicted molar refractivity (Wildman–Crippen MR) is 51.8 cm³/mol. The van der Waals surface area contributed by atoms with Gasteiger partial charge in [-0.1, -0.05) is 18.2 Å². The number of aromatic nitrogens is 2. The van der Waals surface area contributed by atoms with Crippen LogP contribution in [-0.4, -0.2) is 10.2 Å². The maximum absolute atomic E-state index is 13.4. The lowest BCUT2D eigenvalue weighted by Gasteiger charge is -2.04. The van der Waals surface area contributed by atoms with E-state index in [1.165, 1.54) is 18.5 Å². The second-order valence-corrected chi connectivity index (χ2v) is 2.84. The fourth-order valence-electron chi connectivity index (χ4n) is 1.24. The number of benzene rings is 1. The average molecular weight is 189 g/mol. The number of hydrogen-bond acceptors (Lipinski definition) is 3. The van der Waals surface area contributed by atoms with Crippen molar-refractivity contribution in [2.45, 2.75) is 0 Å². The van der Waals surface area contributed by atoms with Crippen molar-refractivity contribution >= 4 is 5.69 Å². The lowest BCUT2D eigenvalue weighted by Crippen LogP contribution is -1.94. The molecule has 0 spiro atoms. The van der Waals surface area contributed by atoms with Crippen LogP contribution in [0.25, 0.3) is 11.1 Å². The summed E-state index contributed by atoms with van der Waals surface area (Å²) in [5.41, 5.74) is 7.09. The van der Waals surface area contributed by atoms with Crippen LogP contribution in [0.1, 0.15) is 0 Å². The first kappa shape index (κ1) is 8.62. The van der Waals surface area contributed by atoms with E-state index in [0.717, 1.165) is 0 Å². The van der Waals surface area contributed by atoms with Crippen LogP contribution < -0.4 is 5.73 Å². The van der Waals surface area contributed by atoms with Crippen LogP contribution in [0.4, 0.5) is 10.1 Å². The molecule has 2 aromatic rings. The topological polar surface area (TPSA) is 51.8 Å². The fourth-order valence-corrected chi connectivity index (χ4v) is 1.24. The molecule has 0 bridgehead atoms. The standard InChI is InChI=1S/C10H8FN3/c11-9-4-2-1-3-7(9)8-5-13-14-6-10(8)12/h1-6H,(H2,12,13). The van der Waals surface area contributed by atoms with Gasteiger partial charge in [0.1, 0.15) is 5.82 Å². The van der Waals surface area contributed by atoms with E-state index in [0.29, 0.717) is 16.8 Å². The fraction of sp³-hybridized carbons (Fsp3) is 0. The van der Waals surface area contributed by atoms with Crippen LogP contribution in [0.5, 0.6) is 0 Å². The van der Waals surface area contributed by atoms with Gasteiger partial charge in [-0.2, -0.15) is 10.2 Å². The summed E-state index contributed by atoms with van der Waals surface area (Å²) in [6.07, 6.45) is 2.86. The Kier molecular flexibility index (Phi) is 2.10. The van der Waals surface area contributed by atoms with Gasteiger partial charge in [-0.05, 0) is 6.07 Å². The molecule has 0 saturated carbocycles. The molecule has 0 aliphatic carbocycles. The molecule has 0 saturated heterocycles. The zero-order valence-electron chi connectivity index (χ0n) is 7.31. The second kappa shape index (κ2) is 3.41. The Bertz CT molecular complexity index is 413. The van der Waals surface area contributed by atoms with Crippen molar-refractivity contribution in [2.24, 2.45) is 0 Å². The summed E-state index contributed by atoms with van der Waals surface area (Å²) in [7, 11) is 0. The molecular formula is C10H8FN3. The summed E-state index contributed by atoms with van der Waals surface area (Å²) in [5.74, 6) is -0.313. The number of nitrogens with two attached hydrogens (primary N) is 1. The van der Waals surface area contributed by atoms with Gasteiger partial charge in [-0.3, -0.25) is 0 Å². The van der Waals surface area contributed by atoms with Crippen molar-refractivity contribution in [3.8, 4) is 11.1 Å². The summed E-state index contributed by atoms with van der Waals surface area (Å²) in [6, 6.07) is 6.42. The molecule has 0 amide bonds. The van der Waals surface area contributed by atoms with Gasteiger partial charge in [-0.15, -0.1) is 0 Å². The third-order valence-electron chi connectivity index (χ3n) is 1.93. The van der Waals surface area contributed by atoms with Gasteiger partial charge in [0.2, 0.25) is 0 Å². The predicted octanol–water partition coefficient (Wildman–Crippen LogP) is 1.86. The van der Waals surface area contributed by atoms with Crippen molar-refractivity contribution < 1.29 is 4.39 Å². The molecule has 0 radical (unpaired) electrons. The van der Waals surface area contributed by atoms with E-state index in [-0.39, 0.29) is 5.82 Å². The Morgan fingerprint density at radius 1 is 1.00 bits per heavy atom. The molecule has 2 rings (SSSR count). The van der Waals surface area contributed by atoms with E-state index in [1.54, 1.807) is 18.2 Å². The smallest absolute Gasteiger partial charge is 0.131 e. The first-order valence-electron chi connectivity index (χ1n) is 4.10. The quantitative estimate of drug-likeness (QED) is 0.744. The summed E-state index contributed by atoms with van der Waals surface area (Å²) < 4.78 is 13.4. The van der Waals surface area contributed by atoms with Crippen LogP contribution in [-0.2, 0) is 0 Å². The molecule has 0 aliphatic rings. The van der Waals surface area contributed by atoms with Crippen LogP contribution >= 0.6 is 0 Å². The van der Waals surface area contributed by atoms with E-state index >= 15 is 0 Å². The van der Waals surface area contributed by atoms with E-state index in [9.17, 15) is 4.39 Å². The number of halogens is 1. The second-order valence-electron chi connectivity index (χ2n) is 2.84. The van der Waals surface area contributed by atoms with Crippen LogP contribution in [0.15, 0.2) is 36.7 Å². The Morgan fingerprint density at radius 3 is 2.43 bits per heavy atom. The van der Waals surface area contributed by atoms with E-state index in [4.69, 9.17) is 5.73 Å². The minimum atomic E-state index is -0.313. The van der Waals surface area contributed by atoms with Crippen molar-refractivity contribution in [2.75, 3.05) is 5.73 Å². The van der Waals surface area contributed by atoms with Gasteiger partial charge in [0, 0.05) is 11.1 Å². The highest BCUT2D eigenvalue weighted by Crippen LogP contribution is 2.25. The van der Waals surface area contributed by atoms with Gasteiger partial charge < -0.3 is 5.73 Å². The van der Waals surface area contributed by atoms with E-state index in [2.05, 4.69) is 10.2 Å². The highest BCUT2D eigenvalue weighted by Gasteiger charge is 2.06. The molecule has 4 heteroatoms. The molecule has 1 aromatic heterocycles. The average Bonchev–Trinajstić information content (AvgIpc) is 2.20. The number of rotatable bonds is 1. The summed E-state index contributed by atoms with van der Waals surface area (Å²) >= 11 is 0. The first-order valence-corrected chi connectivity index (χ1v) is 4.10. The monoisotopic (exact) mass is 189 g/mol. The molecule has 0 atom stereocenters. The van der Waals surface area contributed by atoms with Crippen molar-refractivity contribution in [3.63, 3.8) is 0 Å². The Balaban J connectivity index is 2.61. The van der Waals surface area contributed by atoms with Gasteiger partial charge >= 0.3 is 0 Å². The Labute approximate surface area is 80.4 Å². The van der Waals surface area contributed by atoms with E-state index in [1.807, 2.05) is 0 Å². The van der Waals surface area contributed by atoms with Crippen molar-refractivity contribution in [1.29, 1.82) is 0 Å². The SMILES string of the molecule is Nc1cnncc1-c1ccccc1F. The highest BCUT2D eigenvalue weighted by molar-refractivity contribution is 5.74. The molecular weight excluding hydrogens is 181 g/mol. The van der Waals surface area contributed by atoms with Crippen LogP contribution in [0.2, 0.25) is 0 Å². The van der Waals surface area contributed by atoms with Crippen molar-refractivity contribution in [1.82, 2.24) is 10.2 Å². The maximum Gasteiger partial charge on any atom is 0.131 e. The van der Waals surface area contributed by atoms with E-state index < -0.39 is 0 Å². The minimum Gasteiger partial charge on any atom is -0.397 e. The Morgan fingerprint density at radius 2 is 1.71 bits per heavy atom. The number of anilines is 1. The minimum absolute atomic E-state index is 0.313. The molecule has 2 N–H and O–H groups in total. The van der Waals surface area contributed by atoms with Crippen LogP contribution in [0.3, 0.4) is 0 Å². The van der Waals surface area contributed by atoms with Crippen LogP contribution in [0, 0.1) is 5.82 Å². The molecule has 14 heavy (non-hydrogen) atoms. The summed E-state index contributed by atoms with van der Waals surface area (Å²) in [6.45, 7) is 0. The Hall–Kier alpha value is -1.97. The first-order chi connectivity index (χ1) is 6.79. The molecule has 0 aliphatic heterocycles. The number of nitrogens with zero attached hydrogens (tertiary/aromatic N) is 2. The van der Waals surface area contributed by atoms with Crippen molar-refractivity contribution in [3.05, 3.63) is 42.5 Å². The third kappa shape index (κ3) is 1.42. The van der Waals surface area contributed by atoms with Gasteiger partial charge in [0.05, 0.1) is 18.1 Å². The maximum atomic E-state index is 13.4. The molecule has 70 valence electrons. The highest BCUT2D eigenvalue weighted by atomic mass is 19.1. The zero-order valence-corrected chi connectivity index (χ0v) is 7.31. The molecule has 1 aromatic carbocycles. The lowest BCUT2D eigenvalue weighted by molar-refractivity contribution is 0.631. The molecule has 3 nitrogen and oxygen atoms in total. The third-order valence-corrected chi connectivity index (χ3v) is 1.93. The van der Waals surface area contributed by atoms with Gasteiger partial charge in [0.25, 0.3) is 0 Å². The number of hydrogen-bond donors (Lipinski definition) is 1. The summed E-state index contributed by atoms with van der Waals surface area (Å²) in [4.78, 5) is 0. The lowest BCUT2D eigenvalue weighted by atomic mass is 10.1. The molecule has 0 unspecified atom stereocenters. The van der Waals surface area contributed by atoms with Gasteiger partial charge in [0.15, 0.2) is 0 Å². The van der Waals surface area contributed by atoms with Gasteiger partial charge in [-0.25, -0.2) is 4.39 Å². The zero-order chi connectivity index (χ0) is 9.97. The summed E-state index contributed by atoms with van der Waals surface area (Å²) in [5, 5.41) is 7.27.